The minimum atomic E-state index is -0.472. The molecule has 7 rings (SSSR count). The number of ether oxygens (including phenoxy) is 5. The van der Waals surface area contributed by atoms with Crippen LogP contribution in [0.4, 0.5) is 0 Å². The Labute approximate surface area is 344 Å². The zero-order chi connectivity index (χ0) is 38.4. The van der Waals surface area contributed by atoms with Crippen LogP contribution in [0.3, 0.4) is 0 Å². The molecule has 0 N–H and O–H groups in total. The van der Waals surface area contributed by atoms with E-state index in [-0.39, 0.29) is 5.44 Å². The summed E-state index contributed by atoms with van der Waals surface area (Å²) in [4.78, 5) is 0. The molecule has 1 aliphatic heterocycles. The summed E-state index contributed by atoms with van der Waals surface area (Å²) in [5.74, 6) is 0.855. The molecular weight excluding hydrogens is 781 g/mol. The molecule has 0 aliphatic carbocycles. The minimum absolute atomic E-state index is 0.292. The Bertz CT molecular complexity index is 2040. The van der Waals surface area contributed by atoms with Crippen molar-refractivity contribution in [1.82, 2.24) is 0 Å². The Morgan fingerprint density at radius 3 is 1.45 bits per heavy atom. The summed E-state index contributed by atoms with van der Waals surface area (Å²) in [6.07, 6.45) is -1.71. The molecule has 5 nitrogen and oxygen atoms in total. The molecule has 288 valence electrons. The Morgan fingerprint density at radius 1 is 0.518 bits per heavy atom. The molecule has 1 saturated heterocycles. The molecule has 6 aromatic carbocycles. The van der Waals surface area contributed by atoms with E-state index < -0.39 is 24.4 Å². The van der Waals surface area contributed by atoms with Crippen LogP contribution >= 0.6 is 27.7 Å². The van der Waals surface area contributed by atoms with Crippen molar-refractivity contribution in [3.05, 3.63) is 192 Å². The molecule has 6 aromatic rings. The van der Waals surface area contributed by atoms with Crippen molar-refractivity contribution in [3.8, 4) is 22.3 Å². The van der Waals surface area contributed by atoms with Gasteiger partial charge in [0.15, 0.2) is 0 Å². The molecule has 1 heterocycles. The van der Waals surface area contributed by atoms with E-state index in [1.54, 1.807) is 11.8 Å². The van der Waals surface area contributed by atoms with Gasteiger partial charge >= 0.3 is 0 Å². The maximum atomic E-state index is 6.99. The number of benzene rings is 6. The molecule has 0 saturated carbocycles. The fraction of sp³-hybridized carbons (Fsp3) is 0.265. The van der Waals surface area contributed by atoms with Crippen LogP contribution in [0.1, 0.15) is 34.7 Å². The number of alkyl halides is 1. The largest absolute Gasteiger partial charge is 0.374 e. The van der Waals surface area contributed by atoms with Crippen molar-refractivity contribution >= 4 is 27.7 Å². The number of thioether (sulfide) groups is 1. The number of halogens is 1. The summed E-state index contributed by atoms with van der Waals surface area (Å²) in [7, 11) is 0. The average Bonchev–Trinajstić information content (AvgIpc) is 3.26. The molecule has 1 fully saturated rings. The lowest BCUT2D eigenvalue weighted by molar-refractivity contribution is -0.254. The van der Waals surface area contributed by atoms with Gasteiger partial charge in [-0.2, -0.15) is 0 Å². The summed E-state index contributed by atoms with van der Waals surface area (Å²) in [5.41, 5.74) is 9.97. The first-order valence-corrected chi connectivity index (χ1v) is 21.5. The first-order chi connectivity index (χ1) is 27.7. The third kappa shape index (κ3) is 10.7. The van der Waals surface area contributed by atoms with Gasteiger partial charge in [0.25, 0.3) is 0 Å². The normalized spacial score (nSPS) is 19.5. The van der Waals surface area contributed by atoms with Gasteiger partial charge in [-0.05, 0) is 61.9 Å². The maximum Gasteiger partial charge on any atom is 0.132 e. The first-order valence-electron chi connectivity index (χ1n) is 19.3. The highest BCUT2D eigenvalue weighted by Crippen LogP contribution is 2.37. The lowest BCUT2D eigenvalue weighted by atomic mass is 9.91. The van der Waals surface area contributed by atoms with Gasteiger partial charge < -0.3 is 23.7 Å². The van der Waals surface area contributed by atoms with Crippen LogP contribution in [0.15, 0.2) is 164 Å². The predicted molar refractivity (Wildman–Crippen MR) is 231 cm³/mol. The minimum Gasteiger partial charge on any atom is -0.374 e. The molecule has 0 amide bonds. The van der Waals surface area contributed by atoms with Crippen molar-refractivity contribution in [2.24, 2.45) is 0 Å². The molecule has 56 heavy (non-hydrogen) atoms. The summed E-state index contributed by atoms with van der Waals surface area (Å²) in [6.45, 7) is 4.13. The van der Waals surface area contributed by atoms with E-state index in [1.807, 2.05) is 54.6 Å². The zero-order valence-corrected chi connectivity index (χ0v) is 34.2. The number of hydrogen-bond donors (Lipinski definition) is 0. The van der Waals surface area contributed by atoms with Gasteiger partial charge in [0.1, 0.15) is 29.9 Å². The highest BCUT2D eigenvalue weighted by molar-refractivity contribution is 9.08. The van der Waals surface area contributed by atoms with Gasteiger partial charge in [-0.3, -0.25) is 0 Å². The second kappa shape index (κ2) is 20.9. The molecule has 0 unspecified atom stereocenters. The third-order valence-electron chi connectivity index (χ3n) is 9.96. The van der Waals surface area contributed by atoms with Gasteiger partial charge in [-0.25, -0.2) is 0 Å². The first kappa shape index (κ1) is 40.2. The number of hydrogen-bond acceptors (Lipinski definition) is 6. The van der Waals surface area contributed by atoms with Crippen molar-refractivity contribution < 1.29 is 23.7 Å². The predicted octanol–water partition coefficient (Wildman–Crippen LogP) is 11.7. The van der Waals surface area contributed by atoms with E-state index in [0.29, 0.717) is 33.0 Å². The van der Waals surface area contributed by atoms with Crippen molar-refractivity contribution in [2.75, 3.05) is 12.4 Å². The van der Waals surface area contributed by atoms with Gasteiger partial charge in [0.2, 0.25) is 0 Å². The fourth-order valence-electron chi connectivity index (χ4n) is 7.16. The summed E-state index contributed by atoms with van der Waals surface area (Å²) >= 11 is 5.51. The Balaban J connectivity index is 1.19. The summed E-state index contributed by atoms with van der Waals surface area (Å²) in [5, 5.41) is 0.723. The van der Waals surface area contributed by atoms with Crippen molar-refractivity contribution in [1.29, 1.82) is 0 Å². The van der Waals surface area contributed by atoms with Gasteiger partial charge in [0, 0.05) is 5.33 Å². The standard InChI is InChI=1S/C49H49BrO5S/c1-2-56-49-48(54-33-38-22-12-5-13-23-38)47(53-32-37-20-10-4-11-21-37)46(52-31-36-18-8-3-9-19-36)45(55-49)35-51-34-42-28-41(30-50)43(39-24-14-6-15-25-39)29-44(42)40-26-16-7-17-27-40/h3-29,45-49H,2,30-35H2,1H3/t45-,46-,47+,48-,49+/m1/s1. The van der Waals surface area contributed by atoms with Gasteiger partial charge in [0.05, 0.1) is 33.0 Å². The monoisotopic (exact) mass is 828 g/mol. The van der Waals surface area contributed by atoms with Gasteiger partial charge in [-0.1, -0.05) is 181 Å². The SMILES string of the molecule is CCS[C@@H]1O[C@H](COCc2cc(CBr)c(-c3ccccc3)cc2-c2ccccc2)[C@@H](OCc2ccccc2)[C@H](OCc2ccccc2)[C@H]1OCc1ccccc1. The van der Waals surface area contributed by atoms with Crippen LogP contribution < -0.4 is 0 Å². The highest BCUT2D eigenvalue weighted by atomic mass is 79.9. The molecule has 0 spiro atoms. The zero-order valence-electron chi connectivity index (χ0n) is 31.8. The van der Waals surface area contributed by atoms with E-state index >= 15 is 0 Å². The van der Waals surface area contributed by atoms with E-state index in [0.717, 1.165) is 44.5 Å². The highest BCUT2D eigenvalue weighted by Gasteiger charge is 2.48. The average molecular weight is 830 g/mol. The van der Waals surface area contributed by atoms with Crippen LogP contribution in [0.2, 0.25) is 0 Å². The Hall–Kier alpha value is -4.05. The van der Waals surface area contributed by atoms with E-state index in [9.17, 15) is 0 Å². The van der Waals surface area contributed by atoms with Gasteiger partial charge in [-0.15, -0.1) is 11.8 Å². The van der Waals surface area contributed by atoms with Crippen LogP contribution in [0, 0.1) is 0 Å². The second-order valence-electron chi connectivity index (χ2n) is 13.8. The lowest BCUT2D eigenvalue weighted by Gasteiger charge is -2.46. The molecular formula is C49H49BrO5S. The molecule has 0 aromatic heterocycles. The lowest BCUT2D eigenvalue weighted by Crippen LogP contribution is -2.60. The van der Waals surface area contributed by atoms with E-state index in [4.69, 9.17) is 23.7 Å². The smallest absolute Gasteiger partial charge is 0.132 e. The third-order valence-corrected chi connectivity index (χ3v) is 11.6. The fourth-order valence-corrected chi connectivity index (χ4v) is 8.60. The molecule has 1 aliphatic rings. The maximum absolute atomic E-state index is 6.99. The van der Waals surface area contributed by atoms with Crippen LogP contribution in [0.5, 0.6) is 0 Å². The second-order valence-corrected chi connectivity index (χ2v) is 15.8. The Morgan fingerprint density at radius 2 is 0.964 bits per heavy atom. The molecule has 5 atom stereocenters. The Kier molecular flexibility index (Phi) is 15.0. The molecule has 0 bridgehead atoms. The van der Waals surface area contributed by atoms with Crippen molar-refractivity contribution in [2.45, 2.75) is 68.5 Å². The van der Waals surface area contributed by atoms with E-state index in [2.05, 4.69) is 132 Å². The van der Waals surface area contributed by atoms with Crippen LogP contribution in [-0.2, 0) is 55.4 Å². The van der Waals surface area contributed by atoms with Crippen molar-refractivity contribution in [3.63, 3.8) is 0 Å². The summed E-state index contributed by atoms with van der Waals surface area (Å²) < 4.78 is 34.3. The molecule has 0 radical (unpaired) electrons. The number of rotatable bonds is 18. The van der Waals surface area contributed by atoms with Crippen LogP contribution in [0.25, 0.3) is 22.3 Å². The molecule has 7 heteroatoms. The van der Waals surface area contributed by atoms with Crippen LogP contribution in [-0.4, -0.2) is 42.2 Å². The topological polar surface area (TPSA) is 46.2 Å². The quantitative estimate of drug-likeness (QED) is 0.0804. The summed E-state index contributed by atoms with van der Waals surface area (Å²) in [6, 6.07) is 56.5. The van der Waals surface area contributed by atoms with E-state index in [1.165, 1.54) is 16.7 Å².